The van der Waals surface area contributed by atoms with Gasteiger partial charge in [0, 0.05) is 28.7 Å². The van der Waals surface area contributed by atoms with Gasteiger partial charge >= 0.3 is 17.9 Å². The van der Waals surface area contributed by atoms with Crippen molar-refractivity contribution in [1.29, 1.82) is 0 Å². The summed E-state index contributed by atoms with van der Waals surface area (Å²) in [7, 11) is 2.20. The van der Waals surface area contributed by atoms with Crippen molar-refractivity contribution in [3.8, 4) is 0 Å². The van der Waals surface area contributed by atoms with Gasteiger partial charge in [-0.15, -0.1) is 0 Å². The molecule has 8 heteroatoms. The molecule has 1 aromatic rings. The van der Waals surface area contributed by atoms with E-state index in [4.69, 9.17) is 14.9 Å². The van der Waals surface area contributed by atoms with Gasteiger partial charge in [0.1, 0.15) is 6.10 Å². The fourth-order valence-corrected chi connectivity index (χ4v) is 4.02. The maximum Gasteiger partial charge on any atom is 0.328 e. The minimum absolute atomic E-state index is 0.0914. The molecule has 0 aromatic heterocycles. The summed E-state index contributed by atoms with van der Waals surface area (Å²) in [5.74, 6) is -2.80. The number of benzene rings is 1. The molecule has 7 nitrogen and oxygen atoms in total. The van der Waals surface area contributed by atoms with Gasteiger partial charge in [-0.1, -0.05) is 28.1 Å². The van der Waals surface area contributed by atoms with Crippen molar-refractivity contribution in [1.82, 2.24) is 4.90 Å². The Morgan fingerprint density at radius 1 is 1.07 bits per heavy atom. The second kappa shape index (κ2) is 10.5. The van der Waals surface area contributed by atoms with Gasteiger partial charge in [0.15, 0.2) is 0 Å². The number of hydrogen-bond acceptors (Lipinski definition) is 5. The number of rotatable bonds is 5. The van der Waals surface area contributed by atoms with E-state index in [1.165, 1.54) is 12.8 Å². The molecule has 2 aliphatic rings. The maximum absolute atomic E-state index is 12.4. The molecule has 0 saturated carbocycles. The lowest BCUT2D eigenvalue weighted by Crippen LogP contribution is -2.43. The Hall–Kier alpha value is -2.19. The summed E-state index contributed by atoms with van der Waals surface area (Å²) in [4.78, 5) is 33.9. The van der Waals surface area contributed by atoms with Crippen LogP contribution in [0, 0.1) is 0 Å². The number of halogens is 1. The zero-order valence-corrected chi connectivity index (χ0v) is 18.0. The Kier molecular flexibility index (Phi) is 8.40. The molecule has 3 rings (SSSR count). The van der Waals surface area contributed by atoms with Gasteiger partial charge in [0.05, 0.1) is 5.92 Å². The van der Waals surface area contributed by atoms with Gasteiger partial charge in [0.25, 0.3) is 0 Å². The largest absolute Gasteiger partial charge is 0.478 e. The minimum Gasteiger partial charge on any atom is -0.478 e. The first-order valence-electron chi connectivity index (χ1n) is 9.49. The van der Waals surface area contributed by atoms with Gasteiger partial charge in [-0.2, -0.15) is 0 Å². The molecule has 3 atom stereocenters. The van der Waals surface area contributed by atoms with Crippen LogP contribution in [0.25, 0.3) is 0 Å². The van der Waals surface area contributed by atoms with Gasteiger partial charge in [-0.05, 0) is 57.4 Å². The SMILES string of the molecule is CC(C(=O)OC1CC2CCC(C1)N2C)c1ccc(Br)cc1.O=C(O)C=CC(=O)O. The predicted molar refractivity (Wildman–Crippen MR) is 111 cm³/mol. The predicted octanol–water partition coefficient (Wildman–Crippen LogP) is 3.43. The van der Waals surface area contributed by atoms with Crippen LogP contribution in [0.4, 0.5) is 0 Å². The first kappa shape index (κ1) is 23.1. The van der Waals surface area contributed by atoms with Gasteiger partial charge in [0.2, 0.25) is 0 Å². The van der Waals surface area contributed by atoms with Gasteiger partial charge in [-0.3, -0.25) is 4.79 Å². The van der Waals surface area contributed by atoms with Gasteiger partial charge in [-0.25, -0.2) is 9.59 Å². The van der Waals surface area contributed by atoms with Crippen molar-refractivity contribution in [3.63, 3.8) is 0 Å². The summed E-state index contributed by atoms with van der Waals surface area (Å²) in [5, 5.41) is 15.6. The van der Waals surface area contributed by atoms with Crippen LogP contribution in [0.2, 0.25) is 0 Å². The monoisotopic (exact) mass is 467 g/mol. The third-order valence-electron chi connectivity index (χ3n) is 5.43. The summed E-state index contributed by atoms with van der Waals surface area (Å²) in [5.41, 5.74) is 1.01. The number of esters is 1. The first-order chi connectivity index (χ1) is 13.7. The number of ether oxygens (including phenoxy) is 1. The topological polar surface area (TPSA) is 104 Å². The number of nitrogens with zero attached hydrogens (tertiary/aromatic N) is 1. The van der Waals surface area contributed by atoms with E-state index in [9.17, 15) is 14.4 Å². The Morgan fingerprint density at radius 2 is 1.55 bits per heavy atom. The lowest BCUT2D eigenvalue weighted by Gasteiger charge is -2.36. The summed E-state index contributed by atoms with van der Waals surface area (Å²) < 4.78 is 6.82. The molecule has 29 heavy (non-hydrogen) atoms. The highest BCUT2D eigenvalue weighted by Gasteiger charge is 2.40. The third-order valence-corrected chi connectivity index (χ3v) is 5.96. The van der Waals surface area contributed by atoms with Crippen molar-refractivity contribution >= 4 is 33.8 Å². The van der Waals surface area contributed by atoms with Crippen molar-refractivity contribution in [2.24, 2.45) is 0 Å². The Labute approximate surface area is 178 Å². The molecule has 3 unspecified atom stereocenters. The highest BCUT2D eigenvalue weighted by molar-refractivity contribution is 9.10. The second-order valence-corrected chi connectivity index (χ2v) is 8.28. The molecule has 2 heterocycles. The molecule has 0 spiro atoms. The molecule has 158 valence electrons. The van der Waals surface area contributed by atoms with Crippen molar-refractivity contribution in [2.45, 2.75) is 56.7 Å². The van der Waals surface area contributed by atoms with Crippen LogP contribution >= 0.6 is 15.9 Å². The smallest absolute Gasteiger partial charge is 0.328 e. The van der Waals surface area contributed by atoms with Crippen molar-refractivity contribution in [2.75, 3.05) is 7.05 Å². The molecule has 0 amide bonds. The van der Waals surface area contributed by atoms with E-state index < -0.39 is 11.9 Å². The Bertz CT molecular complexity index is 733. The fourth-order valence-electron chi connectivity index (χ4n) is 3.75. The molecule has 2 bridgehead atoms. The molecule has 1 aromatic carbocycles. The number of carboxylic acid groups (broad SMARTS) is 2. The number of carbonyl (C=O) groups excluding carboxylic acids is 1. The lowest BCUT2D eigenvalue weighted by molar-refractivity contribution is -0.153. The molecule has 2 aliphatic heterocycles. The number of carbonyl (C=O) groups is 3. The Balaban J connectivity index is 0.000000321. The quantitative estimate of drug-likeness (QED) is 0.504. The second-order valence-electron chi connectivity index (χ2n) is 7.36. The molecule has 2 saturated heterocycles. The van der Waals surface area contributed by atoms with E-state index in [1.807, 2.05) is 31.2 Å². The van der Waals surface area contributed by atoms with E-state index in [-0.39, 0.29) is 18.0 Å². The fraction of sp³-hybridized carbons (Fsp3) is 0.476. The lowest BCUT2D eigenvalue weighted by atomic mass is 9.99. The Morgan fingerprint density at radius 3 is 2.00 bits per heavy atom. The van der Waals surface area contributed by atoms with E-state index in [0.29, 0.717) is 24.2 Å². The minimum atomic E-state index is -1.26. The van der Waals surface area contributed by atoms with Crippen molar-refractivity contribution in [3.05, 3.63) is 46.5 Å². The summed E-state index contributed by atoms with van der Waals surface area (Å²) >= 11 is 3.42. The maximum atomic E-state index is 12.4. The molecule has 2 N–H and O–H groups in total. The zero-order chi connectivity index (χ0) is 21.6. The van der Waals surface area contributed by atoms with E-state index in [2.05, 4.69) is 27.9 Å². The molecular weight excluding hydrogens is 442 g/mol. The number of piperidine rings is 1. The van der Waals surface area contributed by atoms with E-state index in [0.717, 1.165) is 22.9 Å². The van der Waals surface area contributed by atoms with Crippen molar-refractivity contribution < 1.29 is 29.3 Å². The van der Waals surface area contributed by atoms with Crippen LogP contribution in [0.5, 0.6) is 0 Å². The third kappa shape index (κ3) is 6.97. The van der Waals surface area contributed by atoms with Crippen LogP contribution in [-0.2, 0) is 19.1 Å². The average Bonchev–Trinajstić information content (AvgIpc) is 2.88. The number of hydrogen-bond donors (Lipinski definition) is 2. The van der Waals surface area contributed by atoms with Crippen LogP contribution < -0.4 is 0 Å². The summed E-state index contributed by atoms with van der Waals surface area (Å²) in [6.07, 6.45) is 5.70. The van der Waals surface area contributed by atoms with E-state index >= 15 is 0 Å². The molecule has 2 fully saturated rings. The molecule has 0 aliphatic carbocycles. The number of carboxylic acids is 2. The average molecular weight is 468 g/mol. The normalized spacial score (nSPS) is 24.4. The van der Waals surface area contributed by atoms with Crippen LogP contribution in [0.3, 0.4) is 0 Å². The van der Waals surface area contributed by atoms with Crippen LogP contribution in [0.1, 0.15) is 44.1 Å². The van der Waals surface area contributed by atoms with Gasteiger partial charge < -0.3 is 19.8 Å². The highest BCUT2D eigenvalue weighted by Crippen LogP contribution is 2.36. The molecular formula is C21H26BrNO6. The summed E-state index contributed by atoms with van der Waals surface area (Å²) in [6.45, 7) is 1.93. The van der Waals surface area contributed by atoms with Crippen LogP contribution in [0.15, 0.2) is 40.9 Å². The standard InChI is InChI=1S/C17H22BrNO2.C4H4O4/c1-11(12-3-5-13(18)6-4-12)17(20)21-16-9-14-7-8-15(10-16)19(14)2;5-3(6)1-2-4(7)8/h3-6,11,14-16H,7-10H2,1-2H3;1-2H,(H,5,6)(H,7,8). The number of fused-ring (bicyclic) bond motifs is 2. The molecule has 0 radical (unpaired) electrons. The summed E-state index contributed by atoms with van der Waals surface area (Å²) in [6, 6.07) is 9.10. The van der Waals surface area contributed by atoms with E-state index in [1.54, 1.807) is 0 Å². The van der Waals surface area contributed by atoms with Crippen LogP contribution in [-0.4, -0.2) is 58.3 Å². The highest BCUT2D eigenvalue weighted by atomic mass is 79.9. The first-order valence-corrected chi connectivity index (χ1v) is 10.3. The number of aliphatic carboxylic acids is 2. The zero-order valence-electron chi connectivity index (χ0n) is 16.5.